The molecule has 3 unspecified atom stereocenters. The predicted octanol–water partition coefficient (Wildman–Crippen LogP) is 3.96. The molecular formula is C16H26O2. The fourth-order valence-electron chi connectivity index (χ4n) is 4.14. The molecule has 2 aliphatic rings. The van der Waals surface area contributed by atoms with Crippen molar-refractivity contribution in [3.8, 4) is 0 Å². The van der Waals surface area contributed by atoms with Gasteiger partial charge in [0.1, 0.15) is 0 Å². The van der Waals surface area contributed by atoms with Gasteiger partial charge in [-0.1, -0.05) is 27.4 Å². The standard InChI is InChI=1S/C16H26O2/c1-5-8-18-15(17)11(2)9-12-10-13-6-7-14(12)16(13,3)4/h12-14H,2,5-10H2,1,3-4H3. The van der Waals surface area contributed by atoms with E-state index in [9.17, 15) is 4.79 Å². The minimum atomic E-state index is -0.183. The van der Waals surface area contributed by atoms with Crippen LogP contribution >= 0.6 is 0 Å². The maximum Gasteiger partial charge on any atom is 0.333 e. The van der Waals surface area contributed by atoms with E-state index in [1.165, 1.54) is 19.3 Å². The second-order valence-corrected chi connectivity index (χ2v) is 6.64. The Hall–Kier alpha value is -0.790. The third-order valence-electron chi connectivity index (χ3n) is 5.22. The molecule has 0 aromatic heterocycles. The molecule has 0 N–H and O–H groups in total. The molecule has 2 bridgehead atoms. The van der Waals surface area contributed by atoms with Gasteiger partial charge in [0.2, 0.25) is 0 Å². The van der Waals surface area contributed by atoms with Crippen LogP contribution in [-0.4, -0.2) is 12.6 Å². The van der Waals surface area contributed by atoms with Crippen molar-refractivity contribution in [3.05, 3.63) is 12.2 Å². The quantitative estimate of drug-likeness (QED) is 0.545. The van der Waals surface area contributed by atoms with Gasteiger partial charge in [-0.05, 0) is 55.3 Å². The molecule has 0 radical (unpaired) electrons. The first kappa shape index (κ1) is 13.6. The van der Waals surface area contributed by atoms with Crippen molar-refractivity contribution >= 4 is 5.97 Å². The molecule has 0 amide bonds. The molecule has 0 saturated heterocycles. The van der Waals surface area contributed by atoms with E-state index in [-0.39, 0.29) is 5.97 Å². The van der Waals surface area contributed by atoms with Crippen molar-refractivity contribution in [2.45, 2.75) is 52.9 Å². The van der Waals surface area contributed by atoms with Gasteiger partial charge in [0, 0.05) is 5.57 Å². The lowest BCUT2D eigenvalue weighted by Crippen LogP contribution is -2.21. The summed E-state index contributed by atoms with van der Waals surface area (Å²) in [5.41, 5.74) is 1.15. The number of rotatable bonds is 5. The van der Waals surface area contributed by atoms with Crippen molar-refractivity contribution in [1.29, 1.82) is 0 Å². The number of hydrogen-bond acceptors (Lipinski definition) is 2. The average Bonchev–Trinajstić information content (AvgIpc) is 2.74. The fraction of sp³-hybridized carbons (Fsp3) is 0.812. The zero-order chi connectivity index (χ0) is 13.3. The van der Waals surface area contributed by atoms with Crippen molar-refractivity contribution < 1.29 is 9.53 Å². The van der Waals surface area contributed by atoms with E-state index in [1.54, 1.807) is 0 Å². The summed E-state index contributed by atoms with van der Waals surface area (Å²) >= 11 is 0. The van der Waals surface area contributed by atoms with E-state index < -0.39 is 0 Å². The molecule has 0 heterocycles. The normalized spacial score (nSPS) is 32.5. The third kappa shape index (κ3) is 2.34. The van der Waals surface area contributed by atoms with Crippen LogP contribution in [0.25, 0.3) is 0 Å². The zero-order valence-corrected chi connectivity index (χ0v) is 12.0. The van der Waals surface area contributed by atoms with Crippen LogP contribution in [0.1, 0.15) is 52.9 Å². The SMILES string of the molecule is C=C(CC1CC2CCC1C2(C)C)C(=O)OCCC. The van der Waals surface area contributed by atoms with E-state index in [0.29, 0.717) is 23.5 Å². The van der Waals surface area contributed by atoms with Crippen LogP contribution in [0.2, 0.25) is 0 Å². The first-order valence-electron chi connectivity index (χ1n) is 7.31. The fourth-order valence-corrected chi connectivity index (χ4v) is 4.14. The van der Waals surface area contributed by atoms with Gasteiger partial charge in [-0.25, -0.2) is 4.79 Å². The Morgan fingerprint density at radius 1 is 1.39 bits per heavy atom. The van der Waals surface area contributed by atoms with Crippen LogP contribution in [0.15, 0.2) is 12.2 Å². The number of carbonyl (C=O) groups is 1. The Balaban J connectivity index is 1.88. The zero-order valence-electron chi connectivity index (χ0n) is 12.0. The molecule has 102 valence electrons. The molecule has 0 aromatic carbocycles. The van der Waals surface area contributed by atoms with Crippen LogP contribution in [0, 0.1) is 23.2 Å². The molecule has 2 fully saturated rings. The van der Waals surface area contributed by atoms with E-state index in [4.69, 9.17) is 4.74 Å². The topological polar surface area (TPSA) is 26.3 Å². The van der Waals surface area contributed by atoms with E-state index in [1.807, 2.05) is 6.92 Å². The highest BCUT2D eigenvalue weighted by Gasteiger charge is 2.52. The smallest absolute Gasteiger partial charge is 0.333 e. The monoisotopic (exact) mass is 250 g/mol. The van der Waals surface area contributed by atoms with Crippen LogP contribution in [0.4, 0.5) is 0 Å². The summed E-state index contributed by atoms with van der Waals surface area (Å²) in [6.45, 7) is 11.2. The maximum atomic E-state index is 11.7. The Bertz CT molecular complexity index is 343. The number of hydrogen-bond donors (Lipinski definition) is 0. The van der Waals surface area contributed by atoms with Crippen LogP contribution in [0.5, 0.6) is 0 Å². The van der Waals surface area contributed by atoms with Crippen LogP contribution < -0.4 is 0 Å². The Kier molecular flexibility index (Phi) is 3.84. The summed E-state index contributed by atoms with van der Waals surface area (Å²) < 4.78 is 5.16. The highest BCUT2D eigenvalue weighted by molar-refractivity contribution is 5.87. The lowest BCUT2D eigenvalue weighted by Gasteiger charge is -2.27. The molecule has 2 rings (SSSR count). The summed E-state index contributed by atoms with van der Waals surface area (Å²) in [4.78, 5) is 11.7. The largest absolute Gasteiger partial charge is 0.462 e. The second-order valence-electron chi connectivity index (χ2n) is 6.64. The second kappa shape index (κ2) is 5.07. The molecule has 0 aromatic rings. The van der Waals surface area contributed by atoms with Gasteiger partial charge in [0.15, 0.2) is 0 Å². The molecule has 2 nitrogen and oxygen atoms in total. The van der Waals surface area contributed by atoms with E-state index >= 15 is 0 Å². The van der Waals surface area contributed by atoms with Gasteiger partial charge >= 0.3 is 5.97 Å². The molecule has 2 heteroatoms. The molecule has 18 heavy (non-hydrogen) atoms. The number of ether oxygens (including phenoxy) is 1. The van der Waals surface area contributed by atoms with Gasteiger partial charge < -0.3 is 4.74 Å². The van der Waals surface area contributed by atoms with Crippen molar-refractivity contribution in [2.75, 3.05) is 6.61 Å². The highest BCUT2D eigenvalue weighted by Crippen LogP contribution is 2.61. The molecule has 0 spiro atoms. The first-order chi connectivity index (χ1) is 8.46. The third-order valence-corrected chi connectivity index (χ3v) is 5.22. The molecular weight excluding hydrogens is 224 g/mol. The number of carbonyl (C=O) groups excluding carboxylic acids is 1. The summed E-state index contributed by atoms with van der Waals surface area (Å²) in [7, 11) is 0. The Morgan fingerprint density at radius 2 is 2.11 bits per heavy atom. The Labute approximate surface area is 111 Å². The number of fused-ring (bicyclic) bond motifs is 2. The van der Waals surface area contributed by atoms with Crippen molar-refractivity contribution in [2.24, 2.45) is 23.2 Å². The van der Waals surface area contributed by atoms with E-state index in [0.717, 1.165) is 24.7 Å². The minimum absolute atomic E-state index is 0.183. The molecule has 2 aliphatic carbocycles. The van der Waals surface area contributed by atoms with Crippen molar-refractivity contribution in [3.63, 3.8) is 0 Å². The summed E-state index contributed by atoms with van der Waals surface area (Å²) in [5, 5.41) is 0. The lowest BCUT2D eigenvalue weighted by atomic mass is 9.78. The average molecular weight is 250 g/mol. The molecule has 2 saturated carbocycles. The summed E-state index contributed by atoms with van der Waals surface area (Å²) in [5.74, 6) is 2.10. The van der Waals surface area contributed by atoms with E-state index in [2.05, 4.69) is 20.4 Å². The van der Waals surface area contributed by atoms with Crippen LogP contribution in [-0.2, 0) is 9.53 Å². The first-order valence-corrected chi connectivity index (χ1v) is 7.31. The van der Waals surface area contributed by atoms with Gasteiger partial charge in [-0.2, -0.15) is 0 Å². The van der Waals surface area contributed by atoms with Gasteiger partial charge in [0.25, 0.3) is 0 Å². The summed E-state index contributed by atoms with van der Waals surface area (Å²) in [6.07, 6.45) is 5.70. The van der Waals surface area contributed by atoms with Gasteiger partial charge in [-0.15, -0.1) is 0 Å². The lowest BCUT2D eigenvalue weighted by molar-refractivity contribution is -0.139. The molecule has 0 aliphatic heterocycles. The predicted molar refractivity (Wildman–Crippen MR) is 73.1 cm³/mol. The van der Waals surface area contributed by atoms with Gasteiger partial charge in [0.05, 0.1) is 6.61 Å². The van der Waals surface area contributed by atoms with Gasteiger partial charge in [-0.3, -0.25) is 0 Å². The minimum Gasteiger partial charge on any atom is -0.462 e. The summed E-state index contributed by atoms with van der Waals surface area (Å²) in [6, 6.07) is 0. The molecule has 3 atom stereocenters. The Morgan fingerprint density at radius 3 is 2.61 bits per heavy atom. The van der Waals surface area contributed by atoms with Crippen molar-refractivity contribution in [1.82, 2.24) is 0 Å². The highest BCUT2D eigenvalue weighted by atomic mass is 16.5. The maximum absolute atomic E-state index is 11.7. The number of esters is 1. The van der Waals surface area contributed by atoms with Crippen LogP contribution in [0.3, 0.4) is 0 Å².